The summed E-state index contributed by atoms with van der Waals surface area (Å²) in [4.78, 5) is 24.6. The molecule has 1 aromatic carbocycles. The summed E-state index contributed by atoms with van der Waals surface area (Å²) in [6.45, 7) is 1.94. The van der Waals surface area contributed by atoms with Crippen LogP contribution >= 0.6 is 11.6 Å². The summed E-state index contributed by atoms with van der Waals surface area (Å²) in [7, 11) is 1.53. The number of carbonyl (C=O) groups is 2. The van der Waals surface area contributed by atoms with Gasteiger partial charge in [0.2, 0.25) is 0 Å². The van der Waals surface area contributed by atoms with Crippen molar-refractivity contribution in [2.75, 3.05) is 13.6 Å². The minimum Gasteiger partial charge on any atom is -0.479 e. The van der Waals surface area contributed by atoms with Crippen molar-refractivity contribution in [2.45, 2.75) is 25.5 Å². The van der Waals surface area contributed by atoms with Gasteiger partial charge in [0.05, 0.1) is 6.10 Å². The lowest BCUT2D eigenvalue weighted by Crippen LogP contribution is -2.42. The molecule has 2 atom stereocenters. The second kappa shape index (κ2) is 7.85. The molecule has 21 heavy (non-hydrogen) atoms. The number of urea groups is 1. The SMILES string of the molecule is CC(O)CCN(C)C(=O)N[C@@H](C(=O)O)c1ccccc1Cl. The molecule has 1 aromatic rings. The van der Waals surface area contributed by atoms with E-state index in [1.807, 2.05) is 0 Å². The number of halogens is 1. The molecule has 3 N–H and O–H groups in total. The lowest BCUT2D eigenvalue weighted by Gasteiger charge is -2.22. The molecule has 0 saturated heterocycles. The van der Waals surface area contributed by atoms with E-state index in [0.717, 1.165) is 0 Å². The van der Waals surface area contributed by atoms with Crippen molar-refractivity contribution in [3.8, 4) is 0 Å². The molecule has 0 radical (unpaired) electrons. The number of amides is 2. The maximum Gasteiger partial charge on any atom is 0.331 e. The maximum atomic E-state index is 12.0. The topological polar surface area (TPSA) is 89.9 Å². The minimum absolute atomic E-state index is 0.275. The number of nitrogens with one attached hydrogen (secondary N) is 1. The highest BCUT2D eigenvalue weighted by Gasteiger charge is 2.25. The van der Waals surface area contributed by atoms with Crippen molar-refractivity contribution < 1.29 is 19.8 Å². The zero-order valence-electron chi connectivity index (χ0n) is 11.9. The first-order valence-electron chi connectivity index (χ1n) is 6.50. The fraction of sp³-hybridized carbons (Fsp3) is 0.429. The van der Waals surface area contributed by atoms with E-state index in [-0.39, 0.29) is 5.02 Å². The van der Waals surface area contributed by atoms with Gasteiger partial charge >= 0.3 is 12.0 Å². The second-order valence-electron chi connectivity index (χ2n) is 4.80. The van der Waals surface area contributed by atoms with E-state index in [1.54, 1.807) is 31.2 Å². The van der Waals surface area contributed by atoms with Gasteiger partial charge in [0.15, 0.2) is 6.04 Å². The Hall–Kier alpha value is -1.79. The van der Waals surface area contributed by atoms with Crippen LogP contribution in [0.25, 0.3) is 0 Å². The number of aliphatic hydroxyl groups excluding tert-OH is 1. The summed E-state index contributed by atoms with van der Waals surface area (Å²) in [5.41, 5.74) is 0.323. The molecule has 116 valence electrons. The standard InChI is InChI=1S/C14H19ClN2O4/c1-9(18)7-8-17(2)14(21)16-12(13(19)20)10-5-3-4-6-11(10)15/h3-6,9,12,18H,7-8H2,1-2H3,(H,16,21)(H,19,20)/t9?,12-/m1/s1. The van der Waals surface area contributed by atoms with E-state index >= 15 is 0 Å². The predicted molar refractivity (Wildman–Crippen MR) is 79.3 cm³/mol. The quantitative estimate of drug-likeness (QED) is 0.748. The number of carbonyl (C=O) groups excluding carboxylic acids is 1. The molecular weight excluding hydrogens is 296 g/mol. The van der Waals surface area contributed by atoms with E-state index in [1.165, 1.54) is 11.9 Å². The van der Waals surface area contributed by atoms with Gasteiger partial charge in [-0.15, -0.1) is 0 Å². The van der Waals surface area contributed by atoms with Crippen LogP contribution in [0.4, 0.5) is 4.79 Å². The highest BCUT2D eigenvalue weighted by Crippen LogP contribution is 2.23. The van der Waals surface area contributed by atoms with Crippen molar-refractivity contribution in [1.29, 1.82) is 0 Å². The van der Waals surface area contributed by atoms with Gasteiger partial charge < -0.3 is 20.4 Å². The number of aliphatic hydroxyl groups is 1. The molecule has 6 nitrogen and oxygen atoms in total. The zero-order chi connectivity index (χ0) is 16.0. The normalized spacial score (nSPS) is 13.3. The fourth-order valence-corrected chi connectivity index (χ4v) is 1.94. The number of benzene rings is 1. The number of rotatable bonds is 6. The van der Waals surface area contributed by atoms with Gasteiger partial charge in [-0.25, -0.2) is 9.59 Å². The van der Waals surface area contributed by atoms with Crippen LogP contribution in [-0.2, 0) is 4.79 Å². The van der Waals surface area contributed by atoms with E-state index < -0.39 is 24.1 Å². The first-order valence-corrected chi connectivity index (χ1v) is 6.87. The van der Waals surface area contributed by atoms with Crippen molar-refractivity contribution in [3.05, 3.63) is 34.9 Å². The van der Waals surface area contributed by atoms with Gasteiger partial charge in [-0.2, -0.15) is 0 Å². The minimum atomic E-state index is -1.22. The van der Waals surface area contributed by atoms with E-state index in [0.29, 0.717) is 18.5 Å². The van der Waals surface area contributed by atoms with Crippen LogP contribution in [0.2, 0.25) is 5.02 Å². The second-order valence-corrected chi connectivity index (χ2v) is 5.21. The van der Waals surface area contributed by atoms with Crippen LogP contribution in [0.15, 0.2) is 24.3 Å². The van der Waals surface area contributed by atoms with Crippen molar-refractivity contribution in [3.63, 3.8) is 0 Å². The van der Waals surface area contributed by atoms with Crippen molar-refractivity contribution >= 4 is 23.6 Å². The molecule has 1 unspecified atom stereocenters. The number of nitrogens with zero attached hydrogens (tertiary/aromatic N) is 1. The molecule has 0 aliphatic carbocycles. The third-order valence-electron chi connectivity index (χ3n) is 2.96. The Balaban J connectivity index is 2.78. The van der Waals surface area contributed by atoms with Gasteiger partial charge in [0.25, 0.3) is 0 Å². The van der Waals surface area contributed by atoms with Crippen LogP contribution in [0.5, 0.6) is 0 Å². The lowest BCUT2D eigenvalue weighted by molar-refractivity contribution is -0.139. The summed E-state index contributed by atoms with van der Waals surface area (Å²) in [5, 5.41) is 21.2. The summed E-state index contributed by atoms with van der Waals surface area (Å²) in [6.07, 6.45) is -0.118. The van der Waals surface area contributed by atoms with E-state index in [4.69, 9.17) is 11.6 Å². The van der Waals surface area contributed by atoms with Crippen molar-refractivity contribution in [2.24, 2.45) is 0 Å². The molecule has 0 heterocycles. The van der Waals surface area contributed by atoms with Crippen LogP contribution in [0.3, 0.4) is 0 Å². The average molecular weight is 315 g/mol. The van der Waals surface area contributed by atoms with Crippen LogP contribution in [0, 0.1) is 0 Å². The third kappa shape index (κ3) is 5.24. The molecule has 1 rings (SSSR count). The van der Waals surface area contributed by atoms with Crippen LogP contribution in [0.1, 0.15) is 24.9 Å². The van der Waals surface area contributed by atoms with Gasteiger partial charge in [-0.05, 0) is 19.4 Å². The van der Waals surface area contributed by atoms with E-state index in [2.05, 4.69) is 5.32 Å². The van der Waals surface area contributed by atoms with Crippen molar-refractivity contribution in [1.82, 2.24) is 10.2 Å². The summed E-state index contributed by atoms with van der Waals surface area (Å²) in [6, 6.07) is 4.69. The lowest BCUT2D eigenvalue weighted by atomic mass is 10.1. The molecule has 0 spiro atoms. The van der Waals surface area contributed by atoms with Crippen LogP contribution < -0.4 is 5.32 Å². The first-order chi connectivity index (χ1) is 9.82. The van der Waals surface area contributed by atoms with Gasteiger partial charge in [-0.1, -0.05) is 29.8 Å². The number of aliphatic carboxylic acids is 1. The third-order valence-corrected chi connectivity index (χ3v) is 3.30. The number of carboxylic acid groups (broad SMARTS) is 1. The Morgan fingerprint density at radius 3 is 2.52 bits per heavy atom. The van der Waals surface area contributed by atoms with Gasteiger partial charge in [0.1, 0.15) is 0 Å². The molecule has 0 bridgehead atoms. The van der Waals surface area contributed by atoms with Gasteiger partial charge in [0, 0.05) is 24.2 Å². The largest absolute Gasteiger partial charge is 0.479 e. The first kappa shape index (κ1) is 17.3. The number of hydrogen-bond donors (Lipinski definition) is 3. The Labute approximate surface area is 128 Å². The predicted octanol–water partition coefficient (Wildman–Crippen LogP) is 1.88. The van der Waals surface area contributed by atoms with Crippen LogP contribution in [-0.4, -0.2) is 46.8 Å². The van der Waals surface area contributed by atoms with Gasteiger partial charge in [-0.3, -0.25) is 0 Å². The molecular formula is C14H19ClN2O4. The smallest absolute Gasteiger partial charge is 0.331 e. The summed E-state index contributed by atoms with van der Waals surface area (Å²) >= 11 is 5.97. The maximum absolute atomic E-state index is 12.0. The molecule has 0 aliphatic rings. The molecule has 0 fully saturated rings. The Morgan fingerprint density at radius 1 is 1.38 bits per heavy atom. The Bertz CT molecular complexity index is 508. The molecule has 7 heteroatoms. The highest BCUT2D eigenvalue weighted by molar-refractivity contribution is 6.31. The number of hydrogen-bond acceptors (Lipinski definition) is 3. The fourth-order valence-electron chi connectivity index (χ4n) is 1.70. The molecule has 0 aliphatic heterocycles. The molecule has 2 amide bonds. The Kier molecular flexibility index (Phi) is 6.45. The monoisotopic (exact) mass is 314 g/mol. The summed E-state index contributed by atoms with van der Waals surface area (Å²) in [5.74, 6) is -1.19. The zero-order valence-corrected chi connectivity index (χ0v) is 12.7. The molecule has 0 aromatic heterocycles. The average Bonchev–Trinajstić information content (AvgIpc) is 2.42. The summed E-state index contributed by atoms with van der Waals surface area (Å²) < 4.78 is 0. The highest BCUT2D eigenvalue weighted by atomic mass is 35.5. The van der Waals surface area contributed by atoms with E-state index in [9.17, 15) is 19.8 Å². The molecule has 0 saturated carbocycles. The Morgan fingerprint density at radius 2 is 2.00 bits per heavy atom. The number of carboxylic acids is 1.